The van der Waals surface area contributed by atoms with Gasteiger partial charge < -0.3 is 14.4 Å². The molecule has 7 heteroatoms. The molecule has 1 aliphatic heterocycles. The second-order valence-electron chi connectivity index (χ2n) is 7.33. The molecule has 0 unspecified atom stereocenters. The quantitative estimate of drug-likeness (QED) is 0.397. The molecule has 142 valence electrons. The number of esters is 2. The lowest BCUT2D eigenvalue weighted by molar-refractivity contribution is -0.169. The van der Waals surface area contributed by atoms with Gasteiger partial charge in [0.05, 0.1) is 12.0 Å². The van der Waals surface area contributed by atoms with E-state index in [1.807, 2.05) is 30.3 Å². The minimum Gasteiger partial charge on any atom is -0.461 e. The second kappa shape index (κ2) is 8.20. The van der Waals surface area contributed by atoms with Crippen molar-refractivity contribution in [1.29, 1.82) is 0 Å². The highest BCUT2D eigenvalue weighted by Crippen LogP contribution is 2.33. The monoisotopic (exact) mass is 425 g/mol. The van der Waals surface area contributed by atoms with Crippen molar-refractivity contribution >= 4 is 33.8 Å². The molecule has 3 atom stereocenters. The molecule has 0 N–H and O–H groups in total. The zero-order valence-corrected chi connectivity index (χ0v) is 17.0. The van der Waals surface area contributed by atoms with E-state index in [9.17, 15) is 14.4 Å². The van der Waals surface area contributed by atoms with E-state index in [2.05, 4.69) is 15.9 Å². The Morgan fingerprint density at radius 1 is 1.23 bits per heavy atom. The fourth-order valence-corrected chi connectivity index (χ4v) is 3.75. The van der Waals surface area contributed by atoms with E-state index in [-0.39, 0.29) is 19.1 Å². The molecule has 26 heavy (non-hydrogen) atoms. The standard InChI is InChI=1S/C19H24BrNO5/c1-12(18(24)25-11-13-8-6-5-7-9-13)16-15(20)17(23)21(16)10-14(22)26-19(2,3)4/h5-9,12,15-16H,10-11H2,1-4H3/t12-,15+,16-/m1/s1. The van der Waals surface area contributed by atoms with Gasteiger partial charge in [-0.2, -0.15) is 0 Å². The number of carbonyl (C=O) groups is 3. The highest BCUT2D eigenvalue weighted by molar-refractivity contribution is 9.10. The number of carbonyl (C=O) groups excluding carboxylic acids is 3. The van der Waals surface area contributed by atoms with E-state index >= 15 is 0 Å². The summed E-state index contributed by atoms with van der Waals surface area (Å²) >= 11 is 3.30. The lowest BCUT2D eigenvalue weighted by Crippen LogP contribution is -2.66. The summed E-state index contributed by atoms with van der Waals surface area (Å²) in [7, 11) is 0. The number of ether oxygens (including phenoxy) is 2. The molecular weight excluding hydrogens is 402 g/mol. The van der Waals surface area contributed by atoms with E-state index in [1.54, 1.807) is 27.7 Å². The van der Waals surface area contributed by atoms with Crippen LogP contribution in [0.3, 0.4) is 0 Å². The first-order valence-electron chi connectivity index (χ1n) is 8.47. The zero-order chi connectivity index (χ0) is 19.5. The van der Waals surface area contributed by atoms with Gasteiger partial charge in [0, 0.05) is 0 Å². The number of halogens is 1. The normalized spacial score (nSPS) is 21.0. The maximum Gasteiger partial charge on any atom is 0.326 e. The van der Waals surface area contributed by atoms with Crippen LogP contribution < -0.4 is 0 Å². The SMILES string of the molecule is C[C@@H](C(=O)OCc1ccccc1)[C@@H]1[C@H](Br)C(=O)N1CC(=O)OC(C)(C)C. The molecule has 0 aromatic heterocycles. The molecule has 1 amide bonds. The van der Waals surface area contributed by atoms with Gasteiger partial charge in [0.15, 0.2) is 0 Å². The molecule has 1 heterocycles. The number of hydrogen-bond donors (Lipinski definition) is 0. The van der Waals surface area contributed by atoms with Crippen molar-refractivity contribution in [1.82, 2.24) is 4.90 Å². The molecule has 0 radical (unpaired) electrons. The third-order valence-corrected chi connectivity index (χ3v) is 4.94. The molecule has 1 aliphatic rings. The number of amides is 1. The van der Waals surface area contributed by atoms with Crippen LogP contribution in [0.1, 0.15) is 33.3 Å². The summed E-state index contributed by atoms with van der Waals surface area (Å²) in [5.74, 6) is -1.71. The second-order valence-corrected chi connectivity index (χ2v) is 8.31. The molecule has 1 aromatic carbocycles. The molecule has 6 nitrogen and oxygen atoms in total. The number of rotatable bonds is 6. The zero-order valence-electron chi connectivity index (χ0n) is 15.4. The lowest BCUT2D eigenvalue weighted by atomic mass is 9.89. The van der Waals surface area contributed by atoms with Crippen molar-refractivity contribution in [3.05, 3.63) is 35.9 Å². The van der Waals surface area contributed by atoms with Gasteiger partial charge in [-0.05, 0) is 33.3 Å². The Hall–Kier alpha value is -1.89. The van der Waals surface area contributed by atoms with E-state index in [1.165, 1.54) is 4.90 Å². The van der Waals surface area contributed by atoms with Gasteiger partial charge in [0.25, 0.3) is 0 Å². The van der Waals surface area contributed by atoms with E-state index < -0.39 is 34.3 Å². The molecule has 0 saturated carbocycles. The Morgan fingerprint density at radius 2 is 1.85 bits per heavy atom. The van der Waals surface area contributed by atoms with Crippen LogP contribution in [0.15, 0.2) is 30.3 Å². The third-order valence-electron chi connectivity index (χ3n) is 4.01. The minimum atomic E-state index is -0.630. The summed E-state index contributed by atoms with van der Waals surface area (Å²) in [4.78, 5) is 37.3. The van der Waals surface area contributed by atoms with Gasteiger partial charge in [0.2, 0.25) is 5.91 Å². The van der Waals surface area contributed by atoms with Crippen molar-refractivity contribution in [2.24, 2.45) is 5.92 Å². The molecule has 1 fully saturated rings. The number of β-lactam (4-membered cyclic amide) rings is 1. The summed E-state index contributed by atoms with van der Waals surface area (Å²) in [6.45, 7) is 6.97. The van der Waals surface area contributed by atoms with Gasteiger partial charge >= 0.3 is 11.9 Å². The van der Waals surface area contributed by atoms with Crippen LogP contribution in [0.5, 0.6) is 0 Å². The Morgan fingerprint density at radius 3 is 2.42 bits per heavy atom. The highest BCUT2D eigenvalue weighted by Gasteiger charge is 2.51. The van der Waals surface area contributed by atoms with E-state index in [0.29, 0.717) is 0 Å². The van der Waals surface area contributed by atoms with Crippen LogP contribution in [-0.4, -0.2) is 45.8 Å². The first-order chi connectivity index (χ1) is 12.1. The van der Waals surface area contributed by atoms with Crippen LogP contribution in [0.2, 0.25) is 0 Å². The maximum absolute atomic E-state index is 12.4. The van der Waals surface area contributed by atoms with Gasteiger partial charge in [-0.15, -0.1) is 0 Å². The van der Waals surface area contributed by atoms with Crippen LogP contribution >= 0.6 is 15.9 Å². The first kappa shape index (κ1) is 20.4. The number of benzene rings is 1. The predicted molar refractivity (Wildman–Crippen MR) is 99.5 cm³/mol. The molecule has 1 aromatic rings. The summed E-state index contributed by atoms with van der Waals surface area (Å²) in [5.41, 5.74) is 0.257. The Balaban J connectivity index is 1.94. The summed E-state index contributed by atoms with van der Waals surface area (Å²) < 4.78 is 10.6. The molecule has 1 saturated heterocycles. The highest BCUT2D eigenvalue weighted by atomic mass is 79.9. The lowest BCUT2D eigenvalue weighted by Gasteiger charge is -2.46. The minimum absolute atomic E-state index is 0.170. The first-order valence-corrected chi connectivity index (χ1v) is 9.38. The summed E-state index contributed by atoms with van der Waals surface area (Å²) in [5, 5.41) is 0. The van der Waals surface area contributed by atoms with Gasteiger partial charge in [-0.25, -0.2) is 0 Å². The van der Waals surface area contributed by atoms with Crippen molar-refractivity contribution in [2.75, 3.05) is 6.54 Å². The van der Waals surface area contributed by atoms with Crippen LogP contribution in [0, 0.1) is 5.92 Å². The Labute approximate surface area is 162 Å². The number of likely N-dealkylation sites (tertiary alicyclic amines) is 1. The van der Waals surface area contributed by atoms with Crippen LogP contribution in [0.25, 0.3) is 0 Å². The number of alkyl halides is 1. The molecule has 0 aliphatic carbocycles. The third kappa shape index (κ3) is 5.06. The average molecular weight is 426 g/mol. The Kier molecular flexibility index (Phi) is 6.44. The summed E-state index contributed by atoms with van der Waals surface area (Å²) in [6.07, 6.45) is 0. The Bertz CT molecular complexity index is 670. The number of hydrogen-bond acceptors (Lipinski definition) is 5. The van der Waals surface area contributed by atoms with Crippen molar-refractivity contribution in [3.8, 4) is 0 Å². The number of nitrogens with zero attached hydrogens (tertiary/aromatic N) is 1. The fraction of sp³-hybridized carbons (Fsp3) is 0.526. The molecular formula is C19H24BrNO5. The molecule has 0 spiro atoms. The average Bonchev–Trinajstić information content (AvgIpc) is 2.57. The molecule has 2 rings (SSSR count). The fourth-order valence-electron chi connectivity index (χ4n) is 2.75. The van der Waals surface area contributed by atoms with Crippen molar-refractivity contribution in [2.45, 2.75) is 50.8 Å². The largest absolute Gasteiger partial charge is 0.461 e. The van der Waals surface area contributed by atoms with Crippen LogP contribution in [-0.2, 0) is 30.5 Å². The van der Waals surface area contributed by atoms with Gasteiger partial charge in [-0.1, -0.05) is 46.3 Å². The van der Waals surface area contributed by atoms with E-state index in [4.69, 9.17) is 9.47 Å². The summed E-state index contributed by atoms with van der Waals surface area (Å²) in [6, 6.07) is 8.92. The van der Waals surface area contributed by atoms with Crippen LogP contribution in [0.4, 0.5) is 0 Å². The van der Waals surface area contributed by atoms with Crippen molar-refractivity contribution < 1.29 is 23.9 Å². The van der Waals surface area contributed by atoms with E-state index in [0.717, 1.165) is 5.56 Å². The smallest absolute Gasteiger partial charge is 0.326 e. The maximum atomic E-state index is 12.4. The topological polar surface area (TPSA) is 72.9 Å². The molecule has 0 bridgehead atoms. The van der Waals surface area contributed by atoms with Gasteiger partial charge in [0.1, 0.15) is 23.6 Å². The van der Waals surface area contributed by atoms with Crippen molar-refractivity contribution in [3.63, 3.8) is 0 Å². The van der Waals surface area contributed by atoms with Gasteiger partial charge in [-0.3, -0.25) is 14.4 Å². The predicted octanol–water partition coefficient (Wildman–Crippen LogP) is 2.68.